The molecule has 0 atom stereocenters. The van der Waals surface area contributed by atoms with Gasteiger partial charge in [-0.15, -0.1) is 0 Å². The molecule has 0 radical (unpaired) electrons. The van der Waals surface area contributed by atoms with Gasteiger partial charge in [-0.05, 0) is 46.3 Å². The summed E-state index contributed by atoms with van der Waals surface area (Å²) in [4.78, 5) is 0. The summed E-state index contributed by atoms with van der Waals surface area (Å²) in [6.45, 7) is 0. The van der Waals surface area contributed by atoms with Crippen LogP contribution in [0.2, 0.25) is 10.0 Å². The van der Waals surface area contributed by atoms with Crippen LogP contribution in [0.25, 0.3) is 16.9 Å². The van der Waals surface area contributed by atoms with Crippen molar-refractivity contribution in [1.82, 2.24) is 9.78 Å². The molecular formula is C15H10BrCl2N3. The number of anilines is 1. The SMILES string of the molecule is Nc1cc(-c2ccc(Cl)cc2Cl)nn1-c1ccccc1Br. The van der Waals surface area contributed by atoms with Crippen LogP contribution in [0.3, 0.4) is 0 Å². The van der Waals surface area contributed by atoms with Crippen molar-refractivity contribution in [1.29, 1.82) is 0 Å². The van der Waals surface area contributed by atoms with Gasteiger partial charge in [0, 0.05) is 21.1 Å². The van der Waals surface area contributed by atoms with Gasteiger partial charge in [0.2, 0.25) is 0 Å². The second-order valence-electron chi connectivity index (χ2n) is 4.44. The fraction of sp³-hybridized carbons (Fsp3) is 0. The van der Waals surface area contributed by atoms with Crippen molar-refractivity contribution in [3.63, 3.8) is 0 Å². The number of nitrogens with zero attached hydrogens (tertiary/aromatic N) is 2. The molecule has 6 heteroatoms. The Labute approximate surface area is 140 Å². The lowest BCUT2D eigenvalue weighted by atomic mass is 10.1. The summed E-state index contributed by atoms with van der Waals surface area (Å²) in [6.07, 6.45) is 0. The zero-order chi connectivity index (χ0) is 15.0. The third-order valence-electron chi connectivity index (χ3n) is 3.02. The van der Waals surface area contributed by atoms with E-state index in [1.165, 1.54) is 0 Å². The topological polar surface area (TPSA) is 43.8 Å². The zero-order valence-corrected chi connectivity index (χ0v) is 13.8. The molecule has 0 aliphatic heterocycles. The number of rotatable bonds is 2. The second kappa shape index (κ2) is 5.72. The summed E-state index contributed by atoms with van der Waals surface area (Å²) < 4.78 is 2.58. The number of benzene rings is 2. The number of nitrogen functional groups attached to an aromatic ring is 1. The third-order valence-corrected chi connectivity index (χ3v) is 4.24. The highest BCUT2D eigenvalue weighted by Crippen LogP contribution is 2.32. The zero-order valence-electron chi connectivity index (χ0n) is 10.7. The maximum Gasteiger partial charge on any atom is 0.127 e. The molecule has 2 aromatic carbocycles. The minimum absolute atomic E-state index is 0.530. The summed E-state index contributed by atoms with van der Waals surface area (Å²) in [5.41, 5.74) is 8.43. The predicted molar refractivity (Wildman–Crippen MR) is 91.1 cm³/mol. The van der Waals surface area contributed by atoms with Gasteiger partial charge in [-0.25, -0.2) is 4.68 Å². The average molecular weight is 383 g/mol. The molecular weight excluding hydrogens is 373 g/mol. The molecule has 21 heavy (non-hydrogen) atoms. The van der Waals surface area contributed by atoms with Crippen molar-refractivity contribution in [2.45, 2.75) is 0 Å². The number of nitrogens with two attached hydrogens (primary N) is 1. The van der Waals surface area contributed by atoms with E-state index in [1.807, 2.05) is 30.3 Å². The molecule has 0 amide bonds. The van der Waals surface area contributed by atoms with Crippen LogP contribution < -0.4 is 5.73 Å². The molecule has 0 aliphatic carbocycles. The molecule has 3 aromatic rings. The normalized spacial score (nSPS) is 10.8. The Kier molecular flexibility index (Phi) is 3.93. The van der Waals surface area contributed by atoms with E-state index >= 15 is 0 Å². The van der Waals surface area contributed by atoms with Crippen molar-refractivity contribution in [3.8, 4) is 16.9 Å². The molecule has 0 unspecified atom stereocenters. The first-order chi connectivity index (χ1) is 10.1. The molecule has 2 N–H and O–H groups in total. The lowest BCUT2D eigenvalue weighted by Gasteiger charge is -2.06. The number of para-hydroxylation sites is 1. The Morgan fingerprint density at radius 2 is 1.81 bits per heavy atom. The number of aromatic nitrogens is 2. The van der Waals surface area contributed by atoms with Crippen molar-refractivity contribution in [3.05, 3.63) is 63.0 Å². The van der Waals surface area contributed by atoms with Gasteiger partial charge in [-0.2, -0.15) is 5.10 Å². The van der Waals surface area contributed by atoms with Gasteiger partial charge < -0.3 is 5.73 Å². The molecule has 0 bridgehead atoms. The van der Waals surface area contributed by atoms with Crippen molar-refractivity contribution >= 4 is 44.9 Å². The predicted octanol–water partition coefficient (Wildman–Crippen LogP) is 5.19. The van der Waals surface area contributed by atoms with Gasteiger partial charge in [0.05, 0.1) is 16.4 Å². The van der Waals surface area contributed by atoms with Crippen LogP contribution in [-0.2, 0) is 0 Å². The Hall–Kier alpha value is -1.49. The maximum atomic E-state index is 6.22. The molecule has 0 saturated carbocycles. The molecule has 106 valence electrons. The van der Waals surface area contributed by atoms with Gasteiger partial charge in [-0.3, -0.25) is 0 Å². The Balaban J connectivity index is 2.12. The quantitative estimate of drug-likeness (QED) is 0.662. The van der Waals surface area contributed by atoms with E-state index < -0.39 is 0 Å². The fourth-order valence-electron chi connectivity index (χ4n) is 2.04. The highest BCUT2D eigenvalue weighted by molar-refractivity contribution is 9.10. The molecule has 1 heterocycles. The van der Waals surface area contributed by atoms with Gasteiger partial charge in [0.15, 0.2) is 0 Å². The van der Waals surface area contributed by atoms with Crippen LogP contribution in [0.1, 0.15) is 0 Å². The van der Waals surface area contributed by atoms with Crippen LogP contribution in [0.5, 0.6) is 0 Å². The van der Waals surface area contributed by atoms with Gasteiger partial charge in [0.25, 0.3) is 0 Å². The monoisotopic (exact) mass is 381 g/mol. The lowest BCUT2D eigenvalue weighted by Crippen LogP contribution is -2.02. The Bertz CT molecular complexity index is 814. The molecule has 0 saturated heterocycles. The first kappa shape index (κ1) is 14.4. The summed E-state index contributed by atoms with van der Waals surface area (Å²) in [6, 6.07) is 14.8. The third kappa shape index (κ3) is 2.79. The van der Waals surface area contributed by atoms with E-state index in [0.29, 0.717) is 21.6 Å². The standard InChI is InChI=1S/C15H10BrCl2N3/c16-11-3-1-2-4-14(11)21-15(19)8-13(20-21)10-6-5-9(17)7-12(10)18/h1-8H,19H2. The number of hydrogen-bond donors (Lipinski definition) is 1. The van der Waals surface area contributed by atoms with Crippen LogP contribution in [0, 0.1) is 0 Å². The van der Waals surface area contributed by atoms with E-state index in [2.05, 4.69) is 21.0 Å². The molecule has 0 fully saturated rings. The van der Waals surface area contributed by atoms with E-state index in [9.17, 15) is 0 Å². The minimum Gasteiger partial charge on any atom is -0.384 e. The van der Waals surface area contributed by atoms with E-state index in [-0.39, 0.29) is 0 Å². The summed E-state index contributed by atoms with van der Waals surface area (Å²) in [5.74, 6) is 0.530. The summed E-state index contributed by atoms with van der Waals surface area (Å²) >= 11 is 15.6. The first-order valence-electron chi connectivity index (χ1n) is 6.12. The van der Waals surface area contributed by atoms with Crippen molar-refractivity contribution in [2.24, 2.45) is 0 Å². The van der Waals surface area contributed by atoms with Crippen LogP contribution in [-0.4, -0.2) is 9.78 Å². The average Bonchev–Trinajstić information content (AvgIpc) is 2.81. The van der Waals surface area contributed by atoms with Gasteiger partial charge in [0.1, 0.15) is 5.82 Å². The Morgan fingerprint density at radius 3 is 2.52 bits per heavy atom. The van der Waals surface area contributed by atoms with Gasteiger partial charge in [-0.1, -0.05) is 35.3 Å². The van der Waals surface area contributed by atoms with E-state index in [0.717, 1.165) is 15.7 Å². The van der Waals surface area contributed by atoms with Crippen LogP contribution in [0.15, 0.2) is 53.0 Å². The smallest absolute Gasteiger partial charge is 0.127 e. The summed E-state index contributed by atoms with van der Waals surface area (Å²) in [7, 11) is 0. The van der Waals surface area contributed by atoms with Gasteiger partial charge >= 0.3 is 0 Å². The highest BCUT2D eigenvalue weighted by Gasteiger charge is 2.13. The maximum absolute atomic E-state index is 6.22. The molecule has 0 spiro atoms. The van der Waals surface area contributed by atoms with Crippen molar-refractivity contribution in [2.75, 3.05) is 5.73 Å². The largest absolute Gasteiger partial charge is 0.384 e. The fourth-order valence-corrected chi connectivity index (χ4v) is 3.00. The molecule has 1 aromatic heterocycles. The molecule has 3 rings (SSSR count). The van der Waals surface area contributed by atoms with E-state index in [4.69, 9.17) is 28.9 Å². The summed E-state index contributed by atoms with van der Waals surface area (Å²) in [5, 5.41) is 5.66. The van der Waals surface area contributed by atoms with Crippen molar-refractivity contribution < 1.29 is 0 Å². The Morgan fingerprint density at radius 1 is 1.05 bits per heavy atom. The molecule has 3 nitrogen and oxygen atoms in total. The highest BCUT2D eigenvalue weighted by atomic mass is 79.9. The van der Waals surface area contributed by atoms with Crippen LogP contribution in [0.4, 0.5) is 5.82 Å². The number of halogens is 3. The van der Waals surface area contributed by atoms with Crippen LogP contribution >= 0.6 is 39.1 Å². The minimum atomic E-state index is 0.530. The second-order valence-corrected chi connectivity index (χ2v) is 6.14. The molecule has 0 aliphatic rings. The lowest BCUT2D eigenvalue weighted by molar-refractivity contribution is 0.891. The number of hydrogen-bond acceptors (Lipinski definition) is 2. The van der Waals surface area contributed by atoms with E-state index in [1.54, 1.807) is 22.9 Å². The first-order valence-corrected chi connectivity index (χ1v) is 7.67.